The Kier molecular flexibility index (Phi) is 3.48. The van der Waals surface area contributed by atoms with E-state index < -0.39 is 14.2 Å². The SMILES string of the molecule is CCC(N)P(O)O. The van der Waals surface area contributed by atoms with E-state index in [1.165, 1.54) is 0 Å². The normalized spacial score (nSPS) is 15.0. The first-order valence-corrected chi connectivity index (χ1v) is 3.42. The smallest absolute Gasteiger partial charge is 0.183 e. The largest absolute Gasteiger partial charge is 0.349 e. The highest BCUT2D eigenvalue weighted by molar-refractivity contribution is 7.45. The van der Waals surface area contributed by atoms with Crippen LogP contribution in [0.5, 0.6) is 0 Å². The lowest BCUT2D eigenvalue weighted by Gasteiger charge is -2.07. The van der Waals surface area contributed by atoms with Crippen LogP contribution in [0.1, 0.15) is 13.3 Å². The van der Waals surface area contributed by atoms with Crippen LogP contribution in [0.3, 0.4) is 0 Å². The van der Waals surface area contributed by atoms with Crippen molar-refractivity contribution < 1.29 is 9.79 Å². The van der Waals surface area contributed by atoms with Crippen LogP contribution in [-0.4, -0.2) is 15.6 Å². The summed E-state index contributed by atoms with van der Waals surface area (Å²) in [5, 5.41) is 0. The predicted molar refractivity (Wildman–Crippen MR) is 29.6 cm³/mol. The van der Waals surface area contributed by atoms with Crippen molar-refractivity contribution in [3.8, 4) is 0 Å². The molecule has 0 fully saturated rings. The molecule has 7 heavy (non-hydrogen) atoms. The van der Waals surface area contributed by atoms with E-state index in [-0.39, 0.29) is 0 Å². The third kappa shape index (κ3) is 2.94. The fraction of sp³-hybridized carbons (Fsp3) is 1.00. The van der Waals surface area contributed by atoms with E-state index in [9.17, 15) is 0 Å². The molecule has 0 saturated carbocycles. The Hall–Kier alpha value is 0.310. The first kappa shape index (κ1) is 7.31. The Morgan fingerprint density at radius 1 is 1.71 bits per heavy atom. The molecule has 4 heteroatoms. The molecule has 1 unspecified atom stereocenters. The first-order valence-electron chi connectivity index (χ1n) is 2.11. The van der Waals surface area contributed by atoms with E-state index in [4.69, 9.17) is 15.5 Å². The summed E-state index contributed by atoms with van der Waals surface area (Å²) in [6.07, 6.45) is 0.624. The van der Waals surface area contributed by atoms with Gasteiger partial charge in [-0.05, 0) is 6.42 Å². The maximum Gasteiger partial charge on any atom is 0.183 e. The van der Waals surface area contributed by atoms with Crippen LogP contribution >= 0.6 is 8.38 Å². The van der Waals surface area contributed by atoms with Gasteiger partial charge in [-0.2, -0.15) is 0 Å². The molecule has 0 saturated heterocycles. The highest BCUT2D eigenvalue weighted by Gasteiger charge is 2.06. The van der Waals surface area contributed by atoms with E-state index in [1.54, 1.807) is 0 Å². The molecule has 1 atom stereocenters. The lowest BCUT2D eigenvalue weighted by molar-refractivity contribution is 0.463. The van der Waals surface area contributed by atoms with Crippen LogP contribution in [0.25, 0.3) is 0 Å². The summed E-state index contributed by atoms with van der Waals surface area (Å²) in [6.45, 7) is 1.81. The molecule has 0 aliphatic heterocycles. The summed E-state index contributed by atoms with van der Waals surface area (Å²) in [7, 11) is -1.88. The van der Waals surface area contributed by atoms with Gasteiger partial charge in [0.1, 0.15) is 0 Å². The van der Waals surface area contributed by atoms with Gasteiger partial charge in [-0.15, -0.1) is 0 Å². The van der Waals surface area contributed by atoms with Crippen LogP contribution in [0, 0.1) is 0 Å². The van der Waals surface area contributed by atoms with Gasteiger partial charge in [0.15, 0.2) is 8.38 Å². The van der Waals surface area contributed by atoms with Gasteiger partial charge in [-0.3, -0.25) is 0 Å². The standard InChI is InChI=1S/C3H10NO2P/c1-2-3(4)7(5)6/h3,5-6H,2,4H2,1H3. The molecule has 0 heterocycles. The summed E-state index contributed by atoms with van der Waals surface area (Å²) in [4.78, 5) is 16.6. The highest BCUT2D eigenvalue weighted by atomic mass is 31.2. The molecule has 0 bridgehead atoms. The van der Waals surface area contributed by atoms with E-state index in [0.717, 1.165) is 0 Å². The third-order valence-corrected chi connectivity index (χ3v) is 1.67. The lowest BCUT2D eigenvalue weighted by Crippen LogP contribution is -2.15. The van der Waals surface area contributed by atoms with Gasteiger partial charge in [0.05, 0.1) is 5.78 Å². The van der Waals surface area contributed by atoms with Crippen molar-refractivity contribution in [1.29, 1.82) is 0 Å². The highest BCUT2D eigenvalue weighted by Crippen LogP contribution is 2.28. The van der Waals surface area contributed by atoms with Gasteiger partial charge in [0, 0.05) is 0 Å². The Labute approximate surface area is 44.1 Å². The summed E-state index contributed by atoms with van der Waals surface area (Å²) < 4.78 is 0. The molecule has 0 aromatic carbocycles. The Morgan fingerprint density at radius 3 is 2.14 bits per heavy atom. The van der Waals surface area contributed by atoms with Crippen molar-refractivity contribution >= 4 is 8.38 Å². The molecule has 4 N–H and O–H groups in total. The number of rotatable bonds is 2. The monoisotopic (exact) mass is 123 g/mol. The van der Waals surface area contributed by atoms with Gasteiger partial charge in [0.25, 0.3) is 0 Å². The van der Waals surface area contributed by atoms with E-state index in [1.807, 2.05) is 6.92 Å². The molecule has 0 spiro atoms. The van der Waals surface area contributed by atoms with Gasteiger partial charge in [0.2, 0.25) is 0 Å². The molecule has 0 rings (SSSR count). The summed E-state index contributed by atoms with van der Waals surface area (Å²) in [5.41, 5.74) is 5.14. The molecule has 0 amide bonds. The van der Waals surface area contributed by atoms with Crippen molar-refractivity contribution in [3.05, 3.63) is 0 Å². The van der Waals surface area contributed by atoms with Gasteiger partial charge in [-0.1, -0.05) is 6.92 Å². The maximum atomic E-state index is 8.32. The quantitative estimate of drug-likeness (QED) is 0.452. The average molecular weight is 123 g/mol. The zero-order valence-corrected chi connectivity index (χ0v) is 5.10. The Morgan fingerprint density at radius 2 is 2.14 bits per heavy atom. The van der Waals surface area contributed by atoms with E-state index in [2.05, 4.69) is 0 Å². The zero-order chi connectivity index (χ0) is 5.86. The van der Waals surface area contributed by atoms with E-state index in [0.29, 0.717) is 6.42 Å². The molecular formula is C3H10NO2P. The van der Waals surface area contributed by atoms with Crippen LogP contribution in [0.2, 0.25) is 0 Å². The minimum Gasteiger partial charge on any atom is -0.349 e. The predicted octanol–water partition coefficient (Wildman–Crippen LogP) is -0.0223. The number of hydrogen-bond acceptors (Lipinski definition) is 3. The molecule has 0 aromatic rings. The molecule has 3 nitrogen and oxygen atoms in total. The van der Waals surface area contributed by atoms with Crippen molar-refractivity contribution in [3.63, 3.8) is 0 Å². The van der Waals surface area contributed by atoms with Crippen molar-refractivity contribution in [1.82, 2.24) is 0 Å². The molecular weight excluding hydrogens is 113 g/mol. The number of nitrogens with two attached hydrogens (primary N) is 1. The fourth-order valence-electron chi connectivity index (χ4n) is 0.163. The van der Waals surface area contributed by atoms with Gasteiger partial charge < -0.3 is 15.5 Å². The topological polar surface area (TPSA) is 66.5 Å². The van der Waals surface area contributed by atoms with Crippen molar-refractivity contribution in [2.45, 2.75) is 19.1 Å². The van der Waals surface area contributed by atoms with Gasteiger partial charge in [-0.25, -0.2) is 0 Å². The Bertz CT molecular complexity index is 50.2. The molecule has 0 aromatic heterocycles. The molecule has 0 radical (unpaired) electrons. The van der Waals surface area contributed by atoms with Crippen LogP contribution in [-0.2, 0) is 0 Å². The molecule has 0 aliphatic carbocycles. The van der Waals surface area contributed by atoms with Crippen LogP contribution < -0.4 is 5.73 Å². The minimum atomic E-state index is -1.88. The van der Waals surface area contributed by atoms with Gasteiger partial charge >= 0.3 is 0 Å². The number of hydrogen-bond donors (Lipinski definition) is 3. The van der Waals surface area contributed by atoms with Crippen LogP contribution in [0.4, 0.5) is 0 Å². The lowest BCUT2D eigenvalue weighted by atomic mass is 10.5. The van der Waals surface area contributed by atoms with E-state index >= 15 is 0 Å². The van der Waals surface area contributed by atoms with Crippen LogP contribution in [0.15, 0.2) is 0 Å². The molecule has 44 valence electrons. The van der Waals surface area contributed by atoms with Crippen molar-refractivity contribution in [2.24, 2.45) is 5.73 Å². The third-order valence-electron chi connectivity index (χ3n) is 0.715. The zero-order valence-electron chi connectivity index (χ0n) is 4.20. The first-order chi connectivity index (χ1) is 3.18. The molecule has 0 aliphatic rings. The maximum absolute atomic E-state index is 8.32. The summed E-state index contributed by atoms with van der Waals surface area (Å²) >= 11 is 0. The average Bonchev–Trinajstić information content (AvgIpc) is 1.65. The Balaban J connectivity index is 3.14. The minimum absolute atomic E-state index is 0.421. The summed E-state index contributed by atoms with van der Waals surface area (Å²) in [5.74, 6) is -0.421. The van der Waals surface area contributed by atoms with Crippen molar-refractivity contribution in [2.75, 3.05) is 0 Å². The fourth-order valence-corrected chi connectivity index (χ4v) is 0.490. The second-order valence-corrected chi connectivity index (χ2v) is 2.60. The second kappa shape index (κ2) is 3.33. The second-order valence-electron chi connectivity index (χ2n) is 1.30. The summed E-state index contributed by atoms with van der Waals surface area (Å²) in [6, 6.07) is 0.